The summed E-state index contributed by atoms with van der Waals surface area (Å²) in [5.41, 5.74) is 4.05. The van der Waals surface area contributed by atoms with E-state index in [0.717, 1.165) is 11.4 Å². The van der Waals surface area contributed by atoms with Crippen molar-refractivity contribution in [3.63, 3.8) is 0 Å². The third-order valence-electron chi connectivity index (χ3n) is 4.40. The Hall–Kier alpha value is -4.13. The van der Waals surface area contributed by atoms with Crippen LogP contribution < -0.4 is 0 Å². The molecule has 5 rings (SSSR count). The average Bonchev–Trinajstić information content (AvgIpc) is 3.40. The molecule has 0 aromatic rings. The van der Waals surface area contributed by atoms with Gasteiger partial charge in [-0.05, 0) is 60.8 Å². The predicted octanol–water partition coefficient (Wildman–Crippen LogP) is 2.92. The quantitative estimate of drug-likeness (QED) is 0.743. The van der Waals surface area contributed by atoms with Gasteiger partial charge in [0.2, 0.25) is 0 Å². The van der Waals surface area contributed by atoms with E-state index < -0.39 is 11.7 Å². The summed E-state index contributed by atoms with van der Waals surface area (Å²) in [7, 11) is 0. The number of aliphatic imine (C=N–C) groups is 4. The zero-order valence-corrected chi connectivity index (χ0v) is 14.4. The molecule has 0 saturated carbocycles. The third-order valence-corrected chi connectivity index (χ3v) is 4.40. The molecule has 7 heteroatoms. The van der Waals surface area contributed by atoms with Crippen LogP contribution in [-0.2, 0) is 4.79 Å². The highest BCUT2D eigenvalue weighted by molar-refractivity contribution is 6.19. The second kappa shape index (κ2) is 5.95. The maximum atomic E-state index is 11.6. The van der Waals surface area contributed by atoms with E-state index in [2.05, 4.69) is 20.0 Å². The number of fused-ring (bicyclic) bond motifs is 4. The number of hydrogen-bond donors (Lipinski definition) is 2. The minimum atomic E-state index is -1.26. The number of hydrogen-bond acceptors (Lipinski definition) is 6. The lowest BCUT2D eigenvalue weighted by atomic mass is 10.1. The van der Waals surface area contributed by atoms with Crippen molar-refractivity contribution in [2.45, 2.75) is 0 Å². The lowest BCUT2D eigenvalue weighted by Gasteiger charge is -1.98. The van der Waals surface area contributed by atoms with E-state index in [9.17, 15) is 15.0 Å². The molecule has 0 unspecified atom stereocenters. The second-order valence-electron chi connectivity index (χ2n) is 6.37. The molecule has 0 spiro atoms. The topological polar surface area (TPSA) is 107 Å². The van der Waals surface area contributed by atoms with Crippen molar-refractivity contribution >= 4 is 28.8 Å². The number of aliphatic hydroxyl groups is 1. The monoisotopic (exact) mass is 368 g/mol. The first kappa shape index (κ1) is 16.1. The summed E-state index contributed by atoms with van der Waals surface area (Å²) in [5, 5.41) is 19.9. The summed E-state index contributed by atoms with van der Waals surface area (Å²) >= 11 is 0. The van der Waals surface area contributed by atoms with Gasteiger partial charge in [0.05, 0.1) is 39.9 Å². The molecule has 0 amide bonds. The molecule has 5 aliphatic heterocycles. The molecule has 0 aliphatic carbocycles. The van der Waals surface area contributed by atoms with E-state index in [4.69, 9.17) is 0 Å². The molecule has 0 saturated heterocycles. The SMILES string of the molecule is O=C(O)C1=C(O)C2=NC1=CC1=NC(=CC3=NC(=CC4=NC(=C2)C=C4)C=C3)C=C1. The first-order valence-electron chi connectivity index (χ1n) is 8.48. The van der Waals surface area contributed by atoms with E-state index in [0.29, 0.717) is 22.8 Å². The maximum absolute atomic E-state index is 11.6. The molecule has 7 nitrogen and oxygen atoms in total. The van der Waals surface area contributed by atoms with Crippen LogP contribution in [0, 0.1) is 0 Å². The van der Waals surface area contributed by atoms with Crippen molar-refractivity contribution in [3.05, 3.63) is 94.9 Å². The van der Waals surface area contributed by atoms with Crippen LogP contribution in [0.1, 0.15) is 0 Å². The molecule has 8 bridgehead atoms. The minimum Gasteiger partial charge on any atom is -0.505 e. The van der Waals surface area contributed by atoms with Crippen LogP contribution >= 0.6 is 0 Å². The lowest BCUT2D eigenvalue weighted by Crippen LogP contribution is -2.06. The van der Waals surface area contributed by atoms with Crippen molar-refractivity contribution in [2.24, 2.45) is 20.0 Å². The van der Waals surface area contributed by atoms with Crippen molar-refractivity contribution in [2.75, 3.05) is 0 Å². The van der Waals surface area contributed by atoms with Gasteiger partial charge < -0.3 is 10.2 Å². The Labute approximate surface area is 159 Å². The van der Waals surface area contributed by atoms with Gasteiger partial charge in [-0.15, -0.1) is 0 Å². The Balaban J connectivity index is 1.70. The van der Waals surface area contributed by atoms with Crippen molar-refractivity contribution in [1.29, 1.82) is 0 Å². The Bertz CT molecular complexity index is 1220. The number of aliphatic hydroxyl groups excluding tert-OH is 1. The van der Waals surface area contributed by atoms with Crippen LogP contribution in [0.2, 0.25) is 0 Å². The zero-order chi connectivity index (χ0) is 19.3. The fourth-order valence-corrected chi connectivity index (χ4v) is 3.15. The van der Waals surface area contributed by atoms with Crippen molar-refractivity contribution in [3.8, 4) is 0 Å². The van der Waals surface area contributed by atoms with E-state index >= 15 is 0 Å². The fraction of sp³-hybridized carbons (Fsp3) is 0. The normalized spacial score (nSPS) is 21.7. The number of aliphatic carboxylic acids is 1. The third kappa shape index (κ3) is 2.75. The summed E-state index contributed by atoms with van der Waals surface area (Å²) in [4.78, 5) is 29.4. The summed E-state index contributed by atoms with van der Waals surface area (Å²) in [6, 6.07) is 0. The number of carbonyl (C=O) groups is 1. The highest BCUT2D eigenvalue weighted by Crippen LogP contribution is 2.27. The molecule has 0 aromatic heterocycles. The standard InChI is InChI=1S/C21H12N4O3/c26-20-18-10-16-6-4-14(24-16)8-12-2-1-11(22-12)7-13-3-5-15(23-13)9-17(25-18)19(20)21(27)28/h1-10,26H,(H,27,28). The van der Waals surface area contributed by atoms with Gasteiger partial charge in [0.1, 0.15) is 11.3 Å². The second-order valence-corrected chi connectivity index (χ2v) is 6.37. The van der Waals surface area contributed by atoms with Crippen LogP contribution in [0.5, 0.6) is 0 Å². The Morgan fingerprint density at radius 1 is 0.679 bits per heavy atom. The summed E-state index contributed by atoms with van der Waals surface area (Å²) in [6.45, 7) is 0. The highest BCUT2D eigenvalue weighted by Gasteiger charge is 2.28. The summed E-state index contributed by atoms with van der Waals surface area (Å²) < 4.78 is 0. The van der Waals surface area contributed by atoms with Gasteiger partial charge in [-0.1, -0.05) is 0 Å². The van der Waals surface area contributed by atoms with Gasteiger partial charge in [0.25, 0.3) is 0 Å². The summed E-state index contributed by atoms with van der Waals surface area (Å²) in [5.74, 6) is -1.65. The molecule has 0 fully saturated rings. The van der Waals surface area contributed by atoms with Gasteiger partial charge in [0, 0.05) is 0 Å². The van der Waals surface area contributed by atoms with Crippen LogP contribution in [-0.4, -0.2) is 39.0 Å². The Morgan fingerprint density at radius 2 is 1.18 bits per heavy atom. The van der Waals surface area contributed by atoms with Crippen molar-refractivity contribution in [1.82, 2.24) is 0 Å². The molecule has 0 aromatic carbocycles. The number of rotatable bonds is 1. The van der Waals surface area contributed by atoms with Gasteiger partial charge in [-0.2, -0.15) is 0 Å². The molecule has 2 N–H and O–H groups in total. The van der Waals surface area contributed by atoms with Gasteiger partial charge in [-0.3, -0.25) is 0 Å². The molecule has 0 radical (unpaired) electrons. The lowest BCUT2D eigenvalue weighted by molar-refractivity contribution is -0.132. The smallest absolute Gasteiger partial charge is 0.341 e. The molecule has 134 valence electrons. The summed E-state index contributed by atoms with van der Waals surface area (Å²) in [6.07, 6.45) is 17.7. The number of carboxylic acids is 1. The fourth-order valence-electron chi connectivity index (χ4n) is 3.15. The van der Waals surface area contributed by atoms with E-state index in [1.54, 1.807) is 18.2 Å². The van der Waals surface area contributed by atoms with Crippen molar-refractivity contribution < 1.29 is 15.0 Å². The number of nitrogens with zero attached hydrogens (tertiary/aromatic N) is 4. The van der Waals surface area contributed by atoms with Gasteiger partial charge in [-0.25, -0.2) is 24.8 Å². The van der Waals surface area contributed by atoms with Crippen LogP contribution in [0.15, 0.2) is 115 Å². The molecule has 5 heterocycles. The zero-order valence-electron chi connectivity index (χ0n) is 14.4. The Kier molecular flexibility index (Phi) is 3.42. The molecule has 5 aliphatic rings. The number of allylic oxidation sites excluding steroid dienone is 10. The van der Waals surface area contributed by atoms with Crippen LogP contribution in [0.4, 0.5) is 0 Å². The highest BCUT2D eigenvalue weighted by atomic mass is 16.4. The molecular weight excluding hydrogens is 356 g/mol. The first-order valence-corrected chi connectivity index (χ1v) is 8.48. The number of carboxylic acid groups (broad SMARTS) is 1. The van der Waals surface area contributed by atoms with E-state index in [-0.39, 0.29) is 17.0 Å². The molecule has 0 atom stereocenters. The van der Waals surface area contributed by atoms with Gasteiger partial charge in [0.15, 0.2) is 5.76 Å². The predicted molar refractivity (Wildman–Crippen MR) is 107 cm³/mol. The average molecular weight is 368 g/mol. The minimum absolute atomic E-state index is 0.139. The first-order chi connectivity index (χ1) is 13.5. The van der Waals surface area contributed by atoms with Gasteiger partial charge >= 0.3 is 5.97 Å². The van der Waals surface area contributed by atoms with E-state index in [1.807, 2.05) is 36.5 Å². The van der Waals surface area contributed by atoms with Crippen LogP contribution in [0.3, 0.4) is 0 Å². The van der Waals surface area contributed by atoms with Crippen LogP contribution in [0.25, 0.3) is 0 Å². The largest absolute Gasteiger partial charge is 0.505 e. The van der Waals surface area contributed by atoms with E-state index in [1.165, 1.54) is 6.08 Å². The maximum Gasteiger partial charge on any atom is 0.341 e. The molecule has 28 heavy (non-hydrogen) atoms. The molecular formula is C21H12N4O3. The Morgan fingerprint density at radius 3 is 1.71 bits per heavy atom.